The maximum atomic E-state index is 9.75. The molecule has 0 radical (unpaired) electrons. The van der Waals surface area contributed by atoms with Gasteiger partial charge in [-0.15, -0.1) is 0 Å². The first-order valence-electron chi connectivity index (χ1n) is 2.27. The van der Waals surface area contributed by atoms with Crippen LogP contribution in [-0.4, -0.2) is 28.3 Å². The number of ether oxygens (including phenoxy) is 2. The van der Waals surface area contributed by atoms with Crippen molar-refractivity contribution in [2.75, 3.05) is 21.0 Å². The molecule has 0 spiro atoms. The molecule has 0 bridgehead atoms. The van der Waals surface area contributed by atoms with E-state index in [1.807, 2.05) is 0 Å². The van der Waals surface area contributed by atoms with Crippen LogP contribution in [0.4, 0.5) is 17.3 Å². The van der Waals surface area contributed by atoms with E-state index in [0.717, 1.165) is 0 Å². The Hall–Kier alpha value is -0.295. The maximum absolute atomic E-state index is 9.75. The summed E-state index contributed by atoms with van der Waals surface area (Å²) in [6.07, 6.45) is 0. The summed E-state index contributed by atoms with van der Waals surface area (Å²) in [7, 11) is -2.83. The lowest BCUT2D eigenvalue weighted by atomic mass is 10.3. The molecule has 0 fully saturated rings. The van der Waals surface area contributed by atoms with E-state index in [1.165, 1.54) is 0 Å². The van der Waals surface area contributed by atoms with Gasteiger partial charge in [-0.25, -0.2) is 0 Å². The summed E-state index contributed by atoms with van der Waals surface area (Å²) < 4.78 is 47.9. The fraction of sp³-hybridized carbons (Fsp3) is 1.00. The number of halogens is 4. The molecule has 0 aromatic carbocycles. The molecule has 0 rings (SSSR count). The zero-order chi connectivity index (χ0) is 8.62. The zero-order valence-corrected chi connectivity index (χ0v) is 5.61. The highest BCUT2D eigenvalue weighted by molar-refractivity contribution is 6.50. The first-order valence-corrected chi connectivity index (χ1v) is 2.27. The fourth-order valence-electron chi connectivity index (χ4n) is 0.118. The van der Waals surface area contributed by atoms with Gasteiger partial charge in [0.25, 0.3) is 0 Å². The fourth-order valence-corrected chi connectivity index (χ4v) is 0.118. The van der Waals surface area contributed by atoms with Gasteiger partial charge in [-0.3, -0.25) is 0 Å². The van der Waals surface area contributed by atoms with E-state index in [0.29, 0.717) is 6.79 Å². The molecule has 0 amide bonds. The molecule has 0 aliphatic carbocycles. The van der Waals surface area contributed by atoms with E-state index in [9.17, 15) is 17.3 Å². The van der Waals surface area contributed by atoms with Gasteiger partial charge >= 0.3 is 8.68 Å². The second-order valence-corrected chi connectivity index (χ2v) is 1.19. The van der Waals surface area contributed by atoms with Crippen molar-refractivity contribution in [2.45, 2.75) is 0 Å². The van der Waals surface area contributed by atoms with Gasteiger partial charge in [0, 0.05) is 14.2 Å². The topological polar surface area (TPSA) is 18.5 Å². The van der Waals surface area contributed by atoms with E-state index < -0.39 is 7.25 Å². The van der Waals surface area contributed by atoms with E-state index in [-0.39, 0.29) is 1.43 Å². The summed E-state index contributed by atoms with van der Waals surface area (Å²) in [6.45, 7) is 0.389. The monoisotopic (exact) mass is 164 g/mol. The molecule has 0 aliphatic heterocycles. The molecule has 0 atom stereocenters. The van der Waals surface area contributed by atoms with Crippen LogP contribution in [0.25, 0.3) is 0 Å². The largest absolute Gasteiger partial charge is 1.00 e. The van der Waals surface area contributed by atoms with Crippen molar-refractivity contribution in [1.82, 2.24) is 0 Å². The smallest absolute Gasteiger partial charge is 0.418 e. The second kappa shape index (κ2) is 6.82. The van der Waals surface area contributed by atoms with Crippen LogP contribution in [0, 0.1) is 0 Å². The first-order chi connectivity index (χ1) is 4.41. The molecule has 0 unspecified atom stereocenters. The van der Waals surface area contributed by atoms with Crippen molar-refractivity contribution in [3.05, 3.63) is 0 Å². The molecule has 0 aliphatic rings. The van der Waals surface area contributed by atoms with Gasteiger partial charge in [0.1, 0.15) is 6.79 Å². The van der Waals surface area contributed by atoms with Gasteiger partial charge in [0.05, 0.1) is 0 Å². The summed E-state index contributed by atoms with van der Waals surface area (Å²) in [5.74, 6) is 0. The molecule has 10 heavy (non-hydrogen) atoms. The van der Waals surface area contributed by atoms with Crippen molar-refractivity contribution < 1.29 is 28.2 Å². The standard InChI is InChI=1S/C3H8O2.BF4/c1-4-3-5-2;2-1(3,4)5/h3H2,1-2H3;/q;-1/p+1. The summed E-state index contributed by atoms with van der Waals surface area (Å²) in [6, 6.07) is 0. The Bertz CT molecular complexity index is 62.8. The minimum absolute atomic E-state index is 0. The van der Waals surface area contributed by atoms with Crippen LogP contribution >= 0.6 is 0 Å². The second-order valence-electron chi connectivity index (χ2n) is 1.19. The average molecular weight is 164 g/mol. The molecule has 7 heteroatoms. The van der Waals surface area contributed by atoms with Crippen LogP contribution in [0.1, 0.15) is 1.43 Å². The number of hydrogen-bond donors (Lipinski definition) is 0. The van der Waals surface area contributed by atoms with E-state index in [2.05, 4.69) is 9.47 Å². The van der Waals surface area contributed by atoms with Gasteiger partial charge in [-0.2, -0.15) is 0 Å². The lowest BCUT2D eigenvalue weighted by Gasteiger charge is -1.94. The third kappa shape index (κ3) is 119. The van der Waals surface area contributed by atoms with Gasteiger partial charge in [-0.05, 0) is 0 Å². The average Bonchev–Trinajstić information content (AvgIpc) is 1.63. The van der Waals surface area contributed by atoms with Crippen molar-refractivity contribution in [3.63, 3.8) is 0 Å². The Morgan fingerprint density at radius 2 is 1.30 bits per heavy atom. The maximum Gasteiger partial charge on any atom is 1.00 e. The number of rotatable bonds is 2. The molecule has 0 N–H and O–H groups in total. The Labute approximate surface area is 57.7 Å². The summed E-state index contributed by atoms with van der Waals surface area (Å²) in [5, 5.41) is 0. The van der Waals surface area contributed by atoms with Crippen LogP contribution in [0.2, 0.25) is 0 Å². The Kier molecular flexibility index (Phi) is 8.45. The highest BCUT2D eigenvalue weighted by Crippen LogP contribution is 2.06. The van der Waals surface area contributed by atoms with Gasteiger partial charge in [0.15, 0.2) is 0 Å². The summed E-state index contributed by atoms with van der Waals surface area (Å²) in [5.41, 5.74) is 0. The molecule has 2 nitrogen and oxygen atoms in total. The first kappa shape index (κ1) is 12.4. The Morgan fingerprint density at radius 1 is 1.10 bits per heavy atom. The number of hydrogen-bond acceptors (Lipinski definition) is 2. The van der Waals surface area contributed by atoms with Gasteiger partial charge < -0.3 is 26.7 Å². The third-order valence-electron chi connectivity index (χ3n) is 0.236. The summed E-state index contributed by atoms with van der Waals surface area (Å²) in [4.78, 5) is 0. The van der Waals surface area contributed by atoms with E-state index in [1.54, 1.807) is 14.2 Å². The van der Waals surface area contributed by atoms with Gasteiger partial charge in [0.2, 0.25) is 0 Å². The highest BCUT2D eigenvalue weighted by atomic mass is 19.5. The van der Waals surface area contributed by atoms with Crippen LogP contribution in [0.15, 0.2) is 0 Å². The third-order valence-corrected chi connectivity index (χ3v) is 0.236. The molecular weight excluding hydrogens is 155 g/mol. The van der Waals surface area contributed by atoms with Crippen LogP contribution in [0.3, 0.4) is 0 Å². The molecule has 0 aromatic heterocycles. The predicted octanol–water partition coefficient (Wildman–Crippen LogP) is 1.65. The number of methoxy groups -OCH3 is 2. The van der Waals surface area contributed by atoms with Crippen LogP contribution < -0.4 is 0 Å². The minimum atomic E-state index is -6.00. The van der Waals surface area contributed by atoms with Crippen LogP contribution in [-0.2, 0) is 9.47 Å². The van der Waals surface area contributed by atoms with Crippen molar-refractivity contribution >= 4 is 7.25 Å². The zero-order valence-electron chi connectivity index (χ0n) is 6.61. The Balaban J connectivity index is -0.000000107. The van der Waals surface area contributed by atoms with Crippen molar-refractivity contribution in [3.8, 4) is 0 Å². The predicted molar refractivity (Wildman–Crippen MR) is 30.2 cm³/mol. The molecule has 0 heterocycles. The lowest BCUT2D eigenvalue weighted by Crippen LogP contribution is -2.02. The normalized spacial score (nSPS) is 10.2. The van der Waals surface area contributed by atoms with E-state index in [4.69, 9.17) is 0 Å². The molecule has 64 valence electrons. The van der Waals surface area contributed by atoms with Crippen LogP contribution in [0.5, 0.6) is 0 Å². The van der Waals surface area contributed by atoms with Crippen molar-refractivity contribution in [1.29, 1.82) is 0 Å². The molecule has 0 aromatic rings. The summed E-state index contributed by atoms with van der Waals surface area (Å²) >= 11 is 0. The quantitative estimate of drug-likeness (QED) is 0.351. The SMILES string of the molecule is COCOC.F[B-](F)(F)F.[H+]. The minimum Gasteiger partial charge on any atom is -0.418 e. The highest BCUT2D eigenvalue weighted by Gasteiger charge is 2.20. The molecule has 0 saturated heterocycles. The van der Waals surface area contributed by atoms with Crippen molar-refractivity contribution in [2.24, 2.45) is 0 Å². The molecular formula is C3H9BF4O2. The molecule has 0 saturated carbocycles. The van der Waals surface area contributed by atoms with Gasteiger partial charge in [-0.1, -0.05) is 0 Å². The lowest BCUT2D eigenvalue weighted by molar-refractivity contribution is -0.00272. The van der Waals surface area contributed by atoms with E-state index >= 15 is 0 Å². The Morgan fingerprint density at radius 3 is 1.30 bits per heavy atom.